The van der Waals surface area contributed by atoms with Crippen molar-refractivity contribution in [3.63, 3.8) is 0 Å². The number of nitrogens with one attached hydrogen (secondary N) is 1. The third kappa shape index (κ3) is 1.05. The lowest BCUT2D eigenvalue weighted by molar-refractivity contribution is 0.414. The molecule has 0 aliphatic carbocycles. The predicted octanol–water partition coefficient (Wildman–Crippen LogP) is 2.29. The van der Waals surface area contributed by atoms with Gasteiger partial charge in [-0.15, -0.1) is 0 Å². The van der Waals surface area contributed by atoms with E-state index in [-0.39, 0.29) is 0 Å². The second-order valence-corrected chi connectivity index (χ2v) is 2.82. The van der Waals surface area contributed by atoms with Crippen molar-refractivity contribution in [2.75, 3.05) is 7.11 Å². The van der Waals surface area contributed by atoms with Gasteiger partial charge in [0.1, 0.15) is 5.75 Å². The highest BCUT2D eigenvalue weighted by Crippen LogP contribution is 2.20. The van der Waals surface area contributed by atoms with E-state index in [9.17, 15) is 0 Å². The zero-order valence-electron chi connectivity index (χ0n) is 7.14. The minimum Gasteiger partial charge on any atom is -0.496 e. The number of methoxy groups -OCH3 is 1. The lowest BCUT2D eigenvalue weighted by Gasteiger charge is -1.96. The van der Waals surface area contributed by atoms with E-state index >= 15 is 0 Å². The summed E-state index contributed by atoms with van der Waals surface area (Å²) in [6.45, 7) is 2.03. The van der Waals surface area contributed by atoms with Crippen LogP contribution >= 0.6 is 0 Å². The Labute approximate surface area is 71.2 Å². The molecule has 1 radical (unpaired) electrons. The van der Waals surface area contributed by atoms with E-state index in [0.29, 0.717) is 0 Å². The van der Waals surface area contributed by atoms with Crippen LogP contribution in [0.15, 0.2) is 18.2 Å². The maximum absolute atomic E-state index is 5.06. The van der Waals surface area contributed by atoms with Crippen molar-refractivity contribution >= 4 is 10.9 Å². The lowest BCUT2D eigenvalue weighted by Crippen LogP contribution is -1.80. The second-order valence-electron chi connectivity index (χ2n) is 2.82. The zero-order valence-corrected chi connectivity index (χ0v) is 7.14. The molecule has 2 nitrogen and oxygen atoms in total. The highest BCUT2D eigenvalue weighted by Gasteiger charge is 1.98. The first kappa shape index (κ1) is 7.22. The van der Waals surface area contributed by atoms with Crippen LogP contribution in [0, 0.1) is 13.0 Å². The van der Waals surface area contributed by atoms with Gasteiger partial charge in [0.25, 0.3) is 0 Å². The van der Waals surface area contributed by atoms with Gasteiger partial charge in [0.2, 0.25) is 0 Å². The van der Waals surface area contributed by atoms with Crippen LogP contribution in [0.1, 0.15) is 5.69 Å². The minimum absolute atomic E-state index is 0.779. The number of fused-ring (bicyclic) bond motifs is 1. The van der Waals surface area contributed by atoms with Crippen LogP contribution in [0.5, 0.6) is 5.75 Å². The molecular formula is C10H10NO. The molecule has 0 fully saturated rings. The van der Waals surface area contributed by atoms with E-state index in [2.05, 4.69) is 17.1 Å². The topological polar surface area (TPSA) is 25.0 Å². The molecule has 0 saturated carbocycles. The summed E-state index contributed by atoms with van der Waals surface area (Å²) in [5.74, 6) is 0.779. The summed E-state index contributed by atoms with van der Waals surface area (Å²) < 4.78 is 5.06. The van der Waals surface area contributed by atoms with Crippen molar-refractivity contribution in [1.29, 1.82) is 0 Å². The van der Waals surface area contributed by atoms with Crippen LogP contribution in [0.25, 0.3) is 10.9 Å². The third-order valence-corrected chi connectivity index (χ3v) is 1.88. The van der Waals surface area contributed by atoms with Gasteiger partial charge in [0.05, 0.1) is 7.11 Å². The van der Waals surface area contributed by atoms with Crippen LogP contribution in [0.4, 0.5) is 0 Å². The molecule has 0 aliphatic heterocycles. The average Bonchev–Trinajstić information content (AvgIpc) is 2.43. The maximum atomic E-state index is 5.06. The Morgan fingerprint density at radius 1 is 1.42 bits per heavy atom. The summed E-state index contributed by atoms with van der Waals surface area (Å²) in [5, 5.41) is 1.17. The van der Waals surface area contributed by atoms with Crippen molar-refractivity contribution < 1.29 is 4.74 Å². The monoisotopic (exact) mass is 160 g/mol. The second kappa shape index (κ2) is 2.55. The molecular weight excluding hydrogens is 150 g/mol. The van der Waals surface area contributed by atoms with Gasteiger partial charge >= 0.3 is 0 Å². The van der Waals surface area contributed by atoms with Gasteiger partial charge in [-0.25, -0.2) is 0 Å². The number of rotatable bonds is 1. The number of aromatic nitrogens is 1. The summed E-state index contributed by atoms with van der Waals surface area (Å²) >= 11 is 0. The van der Waals surface area contributed by atoms with Gasteiger partial charge in [-0.2, -0.15) is 0 Å². The Morgan fingerprint density at radius 2 is 2.25 bits per heavy atom. The molecule has 2 aromatic rings. The van der Waals surface area contributed by atoms with Crippen LogP contribution in [0.2, 0.25) is 0 Å². The van der Waals surface area contributed by atoms with Gasteiger partial charge in [-0.1, -0.05) is 0 Å². The SMILES string of the molecule is COc1[c]cc2[nH]c(C)cc2c1. The quantitative estimate of drug-likeness (QED) is 0.680. The lowest BCUT2D eigenvalue weighted by atomic mass is 10.2. The molecule has 1 N–H and O–H groups in total. The molecule has 1 heterocycles. The fourth-order valence-corrected chi connectivity index (χ4v) is 1.31. The number of hydrogen-bond donors (Lipinski definition) is 1. The molecule has 0 atom stereocenters. The van der Waals surface area contributed by atoms with Crippen LogP contribution in [0.3, 0.4) is 0 Å². The third-order valence-electron chi connectivity index (χ3n) is 1.88. The van der Waals surface area contributed by atoms with Crippen molar-refractivity contribution in [2.45, 2.75) is 6.92 Å². The fourth-order valence-electron chi connectivity index (χ4n) is 1.31. The normalized spacial score (nSPS) is 10.5. The molecule has 1 aromatic heterocycles. The Kier molecular flexibility index (Phi) is 1.54. The summed E-state index contributed by atoms with van der Waals surface area (Å²) in [4.78, 5) is 3.22. The summed E-state index contributed by atoms with van der Waals surface area (Å²) in [7, 11) is 1.65. The van der Waals surface area contributed by atoms with Crippen molar-refractivity contribution in [3.8, 4) is 5.75 Å². The van der Waals surface area contributed by atoms with Gasteiger partial charge in [-0.05, 0) is 25.1 Å². The Hall–Kier alpha value is -1.44. The summed E-state index contributed by atoms with van der Waals surface area (Å²) in [6, 6.07) is 8.98. The molecule has 0 unspecified atom stereocenters. The number of H-pyrrole nitrogens is 1. The Bertz CT molecular complexity index is 403. The predicted molar refractivity (Wildman–Crippen MR) is 48.4 cm³/mol. The molecule has 2 rings (SSSR count). The summed E-state index contributed by atoms with van der Waals surface area (Å²) in [5.41, 5.74) is 2.26. The van der Waals surface area contributed by atoms with Crippen molar-refractivity contribution in [1.82, 2.24) is 4.98 Å². The molecule has 0 spiro atoms. The number of benzene rings is 1. The van der Waals surface area contributed by atoms with Gasteiger partial charge < -0.3 is 9.72 Å². The summed E-state index contributed by atoms with van der Waals surface area (Å²) in [6.07, 6.45) is 0. The molecule has 61 valence electrons. The molecule has 0 amide bonds. The molecule has 0 aliphatic rings. The van der Waals surface area contributed by atoms with Crippen LogP contribution < -0.4 is 4.74 Å². The van der Waals surface area contributed by atoms with Crippen molar-refractivity contribution in [3.05, 3.63) is 30.0 Å². The van der Waals surface area contributed by atoms with Crippen molar-refractivity contribution in [2.24, 2.45) is 0 Å². The van der Waals surface area contributed by atoms with E-state index in [4.69, 9.17) is 4.74 Å². The first-order valence-corrected chi connectivity index (χ1v) is 3.84. The van der Waals surface area contributed by atoms with Gasteiger partial charge in [0, 0.05) is 22.7 Å². The van der Waals surface area contributed by atoms with E-state index in [1.165, 1.54) is 5.39 Å². The molecule has 0 saturated heterocycles. The largest absolute Gasteiger partial charge is 0.496 e. The Balaban J connectivity index is 2.66. The fraction of sp³-hybridized carbons (Fsp3) is 0.200. The number of hydrogen-bond acceptors (Lipinski definition) is 1. The highest BCUT2D eigenvalue weighted by molar-refractivity contribution is 5.81. The smallest absolute Gasteiger partial charge is 0.127 e. The molecule has 12 heavy (non-hydrogen) atoms. The first-order valence-electron chi connectivity index (χ1n) is 3.84. The van der Waals surface area contributed by atoms with E-state index in [1.807, 2.05) is 19.1 Å². The minimum atomic E-state index is 0.779. The highest BCUT2D eigenvalue weighted by atomic mass is 16.5. The molecule has 1 aromatic carbocycles. The van der Waals surface area contributed by atoms with Crippen LogP contribution in [-0.4, -0.2) is 12.1 Å². The number of ether oxygens (including phenoxy) is 1. The zero-order chi connectivity index (χ0) is 8.55. The Morgan fingerprint density at radius 3 is 3.00 bits per heavy atom. The van der Waals surface area contributed by atoms with E-state index in [1.54, 1.807) is 7.11 Å². The van der Waals surface area contributed by atoms with Gasteiger partial charge in [0.15, 0.2) is 0 Å². The number of aromatic amines is 1. The van der Waals surface area contributed by atoms with Gasteiger partial charge in [-0.3, -0.25) is 0 Å². The molecule has 0 bridgehead atoms. The van der Waals surface area contributed by atoms with E-state index in [0.717, 1.165) is 17.0 Å². The maximum Gasteiger partial charge on any atom is 0.127 e. The van der Waals surface area contributed by atoms with E-state index < -0.39 is 0 Å². The van der Waals surface area contributed by atoms with Crippen LogP contribution in [-0.2, 0) is 0 Å². The first-order chi connectivity index (χ1) is 5.79. The average molecular weight is 160 g/mol. The standard InChI is InChI=1S/C10H10NO/c1-7-5-8-6-9(12-2)3-4-10(8)11-7/h4-6,11H,1-2H3. The molecule has 2 heteroatoms. The number of aryl methyl sites for hydroxylation is 1.